The van der Waals surface area contributed by atoms with Gasteiger partial charge in [-0.15, -0.1) is 0 Å². The number of hydrogen-bond acceptors (Lipinski definition) is 8. The average molecular weight is 293 g/mol. The molecule has 0 spiro atoms. The molecule has 0 bridgehead atoms. The molecular weight excluding hydrogens is 274 g/mol. The molecule has 10 nitrogen and oxygen atoms in total. The highest BCUT2D eigenvalue weighted by Gasteiger charge is 2.43. The summed E-state index contributed by atoms with van der Waals surface area (Å²) < 4.78 is 5.18. The Hall–Kier alpha value is -1.30. The van der Waals surface area contributed by atoms with Crippen LogP contribution in [0.15, 0.2) is 0 Å². The molecule has 0 aromatic rings. The molecule has 1 amide bonds. The van der Waals surface area contributed by atoms with Gasteiger partial charge in [0.1, 0.15) is 30.6 Å². The van der Waals surface area contributed by atoms with Crippen LogP contribution in [-0.2, 0) is 14.3 Å². The van der Waals surface area contributed by atoms with Crippen molar-refractivity contribution < 1.29 is 34.8 Å². The third kappa shape index (κ3) is 3.85. The summed E-state index contributed by atoms with van der Waals surface area (Å²) in [5, 5.41) is 39.7. The van der Waals surface area contributed by atoms with E-state index in [2.05, 4.69) is 5.32 Å². The van der Waals surface area contributed by atoms with Crippen molar-refractivity contribution in [1.29, 1.82) is 0 Å². The molecular formula is C10H19N3O7. The predicted molar refractivity (Wildman–Crippen MR) is 64.1 cm³/mol. The summed E-state index contributed by atoms with van der Waals surface area (Å²) in [4.78, 5) is 21.8. The topological polar surface area (TPSA) is 188 Å². The van der Waals surface area contributed by atoms with Crippen molar-refractivity contribution in [3.05, 3.63) is 0 Å². The molecule has 1 heterocycles. The summed E-state index contributed by atoms with van der Waals surface area (Å²) in [6.07, 6.45) is -5.59. The van der Waals surface area contributed by atoms with E-state index >= 15 is 0 Å². The van der Waals surface area contributed by atoms with Crippen LogP contribution in [0.4, 0.5) is 0 Å². The Balaban J connectivity index is 2.77. The van der Waals surface area contributed by atoms with Crippen LogP contribution in [0, 0.1) is 0 Å². The van der Waals surface area contributed by atoms with Crippen LogP contribution in [-0.4, -0.2) is 75.5 Å². The lowest BCUT2D eigenvalue weighted by Gasteiger charge is -2.41. The second-order valence-corrected chi connectivity index (χ2v) is 4.56. The van der Waals surface area contributed by atoms with Gasteiger partial charge in [0.2, 0.25) is 5.91 Å². The minimum absolute atomic E-state index is 0.496. The van der Waals surface area contributed by atoms with Gasteiger partial charge in [-0.25, -0.2) is 0 Å². The summed E-state index contributed by atoms with van der Waals surface area (Å²) in [6.45, 7) is -0.587. The van der Waals surface area contributed by atoms with E-state index in [1.165, 1.54) is 0 Å². The molecule has 1 aliphatic heterocycles. The summed E-state index contributed by atoms with van der Waals surface area (Å²) >= 11 is 0. The lowest BCUT2D eigenvalue weighted by Crippen LogP contribution is -2.67. The molecule has 10 heteroatoms. The van der Waals surface area contributed by atoms with Gasteiger partial charge < -0.3 is 36.6 Å². The zero-order valence-electron chi connectivity index (χ0n) is 10.5. The third-order valence-corrected chi connectivity index (χ3v) is 3.04. The second-order valence-electron chi connectivity index (χ2n) is 4.56. The van der Waals surface area contributed by atoms with Crippen LogP contribution in [0.5, 0.6) is 0 Å². The Bertz CT molecular complexity index is 365. The van der Waals surface area contributed by atoms with E-state index in [-0.39, 0.29) is 0 Å². The lowest BCUT2D eigenvalue weighted by molar-refractivity contribution is -0.199. The van der Waals surface area contributed by atoms with Gasteiger partial charge in [-0.3, -0.25) is 14.9 Å². The van der Waals surface area contributed by atoms with Gasteiger partial charge in [0.05, 0.1) is 19.1 Å². The SMILES string of the molecule is NC(=O)CC(NC1O[C@H](CO)[C@@H](O)[C@H](O)[C@H]1N)C(=O)O. The normalized spacial score (nSPS) is 35.5. The van der Waals surface area contributed by atoms with Crippen molar-refractivity contribution in [1.82, 2.24) is 5.32 Å². The molecule has 0 saturated carbocycles. The number of aliphatic carboxylic acids is 1. The van der Waals surface area contributed by atoms with E-state index in [0.717, 1.165) is 0 Å². The number of amides is 1. The monoisotopic (exact) mass is 293 g/mol. The molecule has 0 aromatic heterocycles. The molecule has 1 saturated heterocycles. The van der Waals surface area contributed by atoms with Gasteiger partial charge in [-0.05, 0) is 0 Å². The number of carbonyl (C=O) groups is 2. The van der Waals surface area contributed by atoms with Gasteiger partial charge >= 0.3 is 5.97 Å². The number of nitrogens with two attached hydrogens (primary N) is 2. The number of aliphatic hydroxyl groups excluding tert-OH is 3. The number of rotatable bonds is 6. The number of ether oxygens (including phenoxy) is 1. The van der Waals surface area contributed by atoms with Crippen molar-refractivity contribution >= 4 is 11.9 Å². The van der Waals surface area contributed by atoms with Crippen LogP contribution in [0.1, 0.15) is 6.42 Å². The zero-order chi connectivity index (χ0) is 15.4. The molecule has 0 aromatic carbocycles. The lowest BCUT2D eigenvalue weighted by atomic mass is 9.96. The smallest absolute Gasteiger partial charge is 0.321 e. The summed E-state index contributed by atoms with van der Waals surface area (Å²) in [7, 11) is 0. The second kappa shape index (κ2) is 6.92. The number of carboxylic acid groups (broad SMARTS) is 1. The summed E-state index contributed by atoms with van der Waals surface area (Å²) in [5.74, 6) is -2.19. The minimum Gasteiger partial charge on any atom is -0.480 e. The Morgan fingerprint density at radius 3 is 2.35 bits per heavy atom. The fraction of sp³-hybridized carbons (Fsp3) is 0.800. The first kappa shape index (κ1) is 16.8. The average Bonchev–Trinajstić information content (AvgIpc) is 2.37. The Kier molecular flexibility index (Phi) is 5.80. The van der Waals surface area contributed by atoms with Crippen LogP contribution >= 0.6 is 0 Å². The van der Waals surface area contributed by atoms with Gasteiger partial charge in [0.15, 0.2) is 0 Å². The summed E-state index contributed by atoms with van der Waals surface area (Å²) in [5.41, 5.74) is 10.6. The quantitative estimate of drug-likeness (QED) is 0.254. The molecule has 1 rings (SSSR count). The van der Waals surface area contributed by atoms with Gasteiger partial charge in [0, 0.05) is 0 Å². The molecule has 0 radical (unpaired) electrons. The molecule has 1 fully saturated rings. The fourth-order valence-electron chi connectivity index (χ4n) is 1.90. The largest absolute Gasteiger partial charge is 0.480 e. The highest BCUT2D eigenvalue weighted by Crippen LogP contribution is 2.19. The maximum atomic E-state index is 11.0. The summed E-state index contributed by atoms with van der Waals surface area (Å²) in [6, 6.07) is -2.49. The van der Waals surface area contributed by atoms with Crippen LogP contribution < -0.4 is 16.8 Å². The number of carbonyl (C=O) groups excluding carboxylic acids is 1. The third-order valence-electron chi connectivity index (χ3n) is 3.04. The van der Waals surface area contributed by atoms with Gasteiger partial charge in [-0.2, -0.15) is 0 Å². The van der Waals surface area contributed by atoms with E-state index in [1.54, 1.807) is 0 Å². The maximum absolute atomic E-state index is 11.0. The number of carboxylic acids is 1. The Labute approximate surface area is 114 Å². The Morgan fingerprint density at radius 1 is 1.30 bits per heavy atom. The van der Waals surface area contributed by atoms with Crippen LogP contribution in [0.25, 0.3) is 0 Å². The first-order valence-corrected chi connectivity index (χ1v) is 5.93. The van der Waals surface area contributed by atoms with Gasteiger partial charge in [-0.1, -0.05) is 0 Å². The van der Waals surface area contributed by atoms with Crippen LogP contribution in [0.2, 0.25) is 0 Å². The van der Waals surface area contributed by atoms with Gasteiger partial charge in [0.25, 0.3) is 0 Å². The Morgan fingerprint density at radius 2 is 1.90 bits per heavy atom. The van der Waals surface area contributed by atoms with Crippen LogP contribution in [0.3, 0.4) is 0 Å². The molecule has 9 N–H and O–H groups in total. The molecule has 0 aliphatic carbocycles. The van der Waals surface area contributed by atoms with E-state index < -0.39 is 61.5 Å². The zero-order valence-corrected chi connectivity index (χ0v) is 10.5. The van der Waals surface area contributed by atoms with Crippen molar-refractivity contribution in [3.8, 4) is 0 Å². The molecule has 6 atom stereocenters. The molecule has 2 unspecified atom stereocenters. The number of hydrogen-bond donors (Lipinski definition) is 7. The van der Waals surface area contributed by atoms with Crippen molar-refractivity contribution in [2.45, 2.75) is 43.0 Å². The minimum atomic E-state index is -1.42. The molecule has 1 aliphatic rings. The molecule has 116 valence electrons. The number of nitrogens with one attached hydrogen (secondary N) is 1. The first-order chi connectivity index (χ1) is 9.27. The fourth-order valence-corrected chi connectivity index (χ4v) is 1.90. The van der Waals surface area contributed by atoms with E-state index in [0.29, 0.717) is 0 Å². The van der Waals surface area contributed by atoms with Crippen molar-refractivity contribution in [3.63, 3.8) is 0 Å². The van der Waals surface area contributed by atoms with E-state index in [4.69, 9.17) is 26.4 Å². The maximum Gasteiger partial charge on any atom is 0.321 e. The molecule has 20 heavy (non-hydrogen) atoms. The standard InChI is InChI=1S/C10H19N3O7/c11-5(15)1-3(10(18)19)13-9-6(12)8(17)7(16)4(2-14)20-9/h3-4,6-9,13-14,16-17H,1-2,12H2,(H2,11,15)(H,18,19)/t3?,4-,6-,7-,8-,9?/m1/s1. The predicted octanol–water partition coefficient (Wildman–Crippen LogP) is -4.33. The number of primary amides is 1. The van der Waals surface area contributed by atoms with E-state index in [9.17, 15) is 19.8 Å². The number of aliphatic hydroxyl groups is 3. The highest BCUT2D eigenvalue weighted by atomic mass is 16.5. The van der Waals surface area contributed by atoms with Crippen molar-refractivity contribution in [2.24, 2.45) is 11.5 Å². The van der Waals surface area contributed by atoms with E-state index in [1.807, 2.05) is 0 Å². The highest BCUT2D eigenvalue weighted by molar-refractivity contribution is 5.83. The first-order valence-electron chi connectivity index (χ1n) is 5.93. The van der Waals surface area contributed by atoms with Crippen molar-refractivity contribution in [2.75, 3.05) is 6.61 Å².